The summed E-state index contributed by atoms with van der Waals surface area (Å²) in [6.07, 6.45) is -4.66. The van der Waals surface area contributed by atoms with Crippen molar-refractivity contribution in [3.63, 3.8) is 0 Å². The molecule has 1 aliphatic rings. The van der Waals surface area contributed by atoms with Crippen LogP contribution >= 0.6 is 0 Å². The van der Waals surface area contributed by atoms with Crippen molar-refractivity contribution in [3.8, 4) is 0 Å². The number of para-hydroxylation sites is 1. The van der Waals surface area contributed by atoms with Crippen LogP contribution in [0.2, 0.25) is 0 Å². The number of sulfonamides is 1. The van der Waals surface area contributed by atoms with Gasteiger partial charge in [-0.1, -0.05) is 18.2 Å². The van der Waals surface area contributed by atoms with Gasteiger partial charge in [0.05, 0.1) is 21.9 Å². The molecule has 1 heterocycles. The van der Waals surface area contributed by atoms with Crippen LogP contribution in [0.25, 0.3) is 0 Å². The third-order valence-corrected chi connectivity index (χ3v) is 7.10. The summed E-state index contributed by atoms with van der Waals surface area (Å²) in [5.41, 5.74) is -0.669. The molecule has 178 valence electrons. The van der Waals surface area contributed by atoms with Gasteiger partial charge in [0.1, 0.15) is 5.69 Å². The zero-order valence-corrected chi connectivity index (χ0v) is 18.3. The van der Waals surface area contributed by atoms with Crippen molar-refractivity contribution in [2.24, 2.45) is 0 Å². The summed E-state index contributed by atoms with van der Waals surface area (Å²) >= 11 is 0. The number of amides is 1. The topological polar surface area (TPSA) is 113 Å². The summed E-state index contributed by atoms with van der Waals surface area (Å²) in [4.78, 5) is 24.2. The second-order valence-corrected chi connectivity index (χ2v) is 9.42. The monoisotopic (exact) mass is 486 g/mol. The second-order valence-electron chi connectivity index (χ2n) is 7.48. The lowest BCUT2D eigenvalue weighted by atomic mass is 10.1. The highest BCUT2D eigenvalue weighted by molar-refractivity contribution is 7.89. The predicted octanol–water partition coefficient (Wildman–Crippen LogP) is 2.87. The number of alkyl halides is 3. The second kappa shape index (κ2) is 9.45. The van der Waals surface area contributed by atoms with Gasteiger partial charge in [-0.25, -0.2) is 8.42 Å². The molecule has 0 radical (unpaired) electrons. The predicted molar refractivity (Wildman–Crippen MR) is 113 cm³/mol. The summed E-state index contributed by atoms with van der Waals surface area (Å²) in [7, 11) is -4.13. The molecule has 9 nitrogen and oxygen atoms in total. The Bertz CT molecular complexity index is 1160. The molecule has 0 aliphatic carbocycles. The van der Waals surface area contributed by atoms with Crippen LogP contribution in [-0.4, -0.2) is 61.2 Å². The molecule has 0 saturated carbocycles. The van der Waals surface area contributed by atoms with Crippen molar-refractivity contribution in [2.45, 2.75) is 18.0 Å². The van der Waals surface area contributed by atoms with Crippen LogP contribution in [0.4, 0.5) is 24.5 Å². The molecule has 0 bridgehead atoms. The molecule has 13 heteroatoms. The number of benzene rings is 2. The largest absolute Gasteiger partial charge is 0.416 e. The highest BCUT2D eigenvalue weighted by atomic mass is 32.2. The van der Waals surface area contributed by atoms with Crippen LogP contribution in [0.15, 0.2) is 47.4 Å². The van der Waals surface area contributed by atoms with E-state index in [-0.39, 0.29) is 44.1 Å². The number of hydrogen-bond donors (Lipinski definition) is 1. The van der Waals surface area contributed by atoms with Gasteiger partial charge >= 0.3 is 6.18 Å². The van der Waals surface area contributed by atoms with E-state index in [1.54, 1.807) is 17.9 Å². The summed E-state index contributed by atoms with van der Waals surface area (Å²) in [5.74, 6) is -0.499. The Balaban J connectivity index is 1.63. The fourth-order valence-electron chi connectivity index (χ4n) is 3.46. The van der Waals surface area contributed by atoms with Gasteiger partial charge in [0.2, 0.25) is 15.9 Å². The van der Waals surface area contributed by atoms with E-state index in [1.165, 1.54) is 12.1 Å². The molecule has 1 fully saturated rings. The zero-order chi connectivity index (χ0) is 24.4. The zero-order valence-electron chi connectivity index (χ0n) is 17.5. The minimum absolute atomic E-state index is 0.0175. The molecule has 1 N–H and O–H groups in total. The molecule has 2 aromatic rings. The van der Waals surface area contributed by atoms with Gasteiger partial charge in [-0.2, -0.15) is 17.5 Å². The molecule has 1 aliphatic heterocycles. The van der Waals surface area contributed by atoms with Crippen LogP contribution in [0, 0.1) is 17.0 Å². The number of carbonyl (C=O) groups excluding carboxylic acids is 1. The van der Waals surface area contributed by atoms with E-state index in [1.807, 2.05) is 0 Å². The molecule has 33 heavy (non-hydrogen) atoms. The lowest BCUT2D eigenvalue weighted by Gasteiger charge is -2.33. The number of nitro benzene ring substituents is 1. The number of aryl methyl sites for hydroxylation is 1. The number of nitrogens with zero attached hydrogens (tertiary/aromatic N) is 3. The molecule has 0 spiro atoms. The quantitative estimate of drug-likeness (QED) is 0.496. The van der Waals surface area contributed by atoms with E-state index in [2.05, 4.69) is 5.32 Å². The number of nitrogens with one attached hydrogen (secondary N) is 1. The number of nitro groups is 1. The van der Waals surface area contributed by atoms with Crippen molar-refractivity contribution >= 4 is 27.3 Å². The number of hydrogen-bond acceptors (Lipinski definition) is 6. The summed E-state index contributed by atoms with van der Waals surface area (Å²) in [6.45, 7) is 1.80. The van der Waals surface area contributed by atoms with Gasteiger partial charge in [-0.05, 0) is 30.7 Å². The van der Waals surface area contributed by atoms with Crippen LogP contribution in [0.1, 0.15) is 11.1 Å². The molecule has 1 saturated heterocycles. The van der Waals surface area contributed by atoms with Gasteiger partial charge in [0.15, 0.2) is 0 Å². The third-order valence-electron chi connectivity index (χ3n) is 5.21. The normalized spacial score (nSPS) is 15.9. The van der Waals surface area contributed by atoms with Crippen LogP contribution in [-0.2, 0) is 21.0 Å². The fraction of sp³-hybridized carbons (Fsp3) is 0.350. The maximum atomic E-state index is 12.9. The average Bonchev–Trinajstić information content (AvgIpc) is 2.75. The lowest BCUT2D eigenvalue weighted by molar-refractivity contribution is -0.384. The minimum Gasteiger partial charge on any atom is -0.319 e. The standard InChI is InChI=1S/C20H21F3N4O5S/c1-14-4-2-7-17(27(29)30)19(14)24-18(28)13-25-8-10-26(11-9-25)33(31,32)16-6-3-5-15(12-16)20(21,22)23/h2-7,12H,8-11,13H2,1H3,(H,24,28). The molecule has 1 amide bonds. The van der Waals surface area contributed by atoms with Crippen LogP contribution in [0.3, 0.4) is 0 Å². The summed E-state index contributed by atoms with van der Waals surface area (Å²) < 4.78 is 65.4. The Hall–Kier alpha value is -3.03. The SMILES string of the molecule is Cc1cccc([N+](=O)[O-])c1NC(=O)CN1CCN(S(=O)(=O)c2cccc(C(F)(F)F)c2)CC1. The van der Waals surface area contributed by atoms with E-state index in [0.29, 0.717) is 11.6 Å². The van der Waals surface area contributed by atoms with Crippen molar-refractivity contribution in [3.05, 3.63) is 63.7 Å². The number of halogens is 3. The van der Waals surface area contributed by atoms with E-state index in [9.17, 15) is 36.5 Å². The van der Waals surface area contributed by atoms with Crippen molar-refractivity contribution in [1.29, 1.82) is 0 Å². The van der Waals surface area contributed by atoms with Crippen molar-refractivity contribution < 1.29 is 31.3 Å². The van der Waals surface area contributed by atoms with E-state index in [0.717, 1.165) is 22.5 Å². The van der Waals surface area contributed by atoms with Crippen molar-refractivity contribution in [1.82, 2.24) is 9.21 Å². The average molecular weight is 486 g/mol. The molecule has 3 rings (SSSR count). The summed E-state index contributed by atoms with van der Waals surface area (Å²) in [5, 5.41) is 13.7. The first-order chi connectivity index (χ1) is 15.4. The first kappa shape index (κ1) is 24.6. The molecular formula is C20H21F3N4O5S. The number of carbonyl (C=O) groups is 1. The molecule has 0 aromatic heterocycles. The van der Waals surface area contributed by atoms with Gasteiger partial charge in [0.25, 0.3) is 5.69 Å². The maximum Gasteiger partial charge on any atom is 0.416 e. The Morgan fingerprint density at radius 2 is 1.76 bits per heavy atom. The highest BCUT2D eigenvalue weighted by Crippen LogP contribution is 2.31. The Labute approximate surface area is 188 Å². The number of rotatable bonds is 6. The molecule has 0 atom stereocenters. The maximum absolute atomic E-state index is 12.9. The fourth-order valence-corrected chi connectivity index (χ4v) is 4.93. The molecular weight excluding hydrogens is 465 g/mol. The van der Waals surface area contributed by atoms with Gasteiger partial charge < -0.3 is 5.32 Å². The van der Waals surface area contributed by atoms with Crippen molar-refractivity contribution in [2.75, 3.05) is 38.0 Å². The van der Waals surface area contributed by atoms with E-state index < -0.39 is 37.5 Å². The minimum atomic E-state index is -4.66. The highest BCUT2D eigenvalue weighted by Gasteiger charge is 2.34. The van der Waals surface area contributed by atoms with E-state index >= 15 is 0 Å². The number of piperazine rings is 1. The van der Waals surface area contributed by atoms with Crippen LogP contribution in [0.5, 0.6) is 0 Å². The number of anilines is 1. The van der Waals surface area contributed by atoms with Gasteiger partial charge in [-0.3, -0.25) is 19.8 Å². The van der Waals surface area contributed by atoms with Gasteiger partial charge in [0, 0.05) is 32.2 Å². The first-order valence-corrected chi connectivity index (χ1v) is 11.3. The lowest BCUT2D eigenvalue weighted by Crippen LogP contribution is -2.50. The first-order valence-electron chi connectivity index (χ1n) is 9.83. The Morgan fingerprint density at radius 3 is 2.36 bits per heavy atom. The third kappa shape index (κ3) is 5.67. The Kier molecular flexibility index (Phi) is 7.05. The molecule has 2 aromatic carbocycles. The van der Waals surface area contributed by atoms with Gasteiger partial charge in [-0.15, -0.1) is 0 Å². The smallest absolute Gasteiger partial charge is 0.319 e. The molecule has 0 unspecified atom stereocenters. The van der Waals surface area contributed by atoms with Crippen LogP contribution < -0.4 is 5.32 Å². The Morgan fingerprint density at radius 1 is 1.12 bits per heavy atom. The summed E-state index contributed by atoms with van der Waals surface area (Å²) in [6, 6.07) is 7.96. The van der Waals surface area contributed by atoms with E-state index in [4.69, 9.17) is 0 Å².